The molecule has 0 bridgehead atoms. The first-order valence-corrected chi connectivity index (χ1v) is 4.40. The van der Waals surface area contributed by atoms with Gasteiger partial charge in [0.2, 0.25) is 0 Å². The van der Waals surface area contributed by atoms with Gasteiger partial charge in [0.1, 0.15) is 5.60 Å². The van der Waals surface area contributed by atoms with E-state index in [1.165, 1.54) is 12.8 Å². The maximum absolute atomic E-state index is 9.86. The fraction of sp³-hybridized carbons (Fsp3) is 0.700. The van der Waals surface area contributed by atoms with Crippen LogP contribution in [0.1, 0.15) is 38.5 Å². The van der Waals surface area contributed by atoms with Gasteiger partial charge in [-0.1, -0.05) is 18.8 Å². The molecule has 0 saturated heterocycles. The standard InChI is InChI=1S/C10H13NO/c11-9-5-8-10(12)6-3-1-2-4-7-10/h12H,1-4,6-7H2. The third kappa shape index (κ3) is 2.57. The molecule has 0 amide bonds. The largest absolute Gasteiger partial charge is 0.378 e. The quantitative estimate of drug-likeness (QED) is 0.435. The smallest absolute Gasteiger partial charge is 0.152 e. The van der Waals surface area contributed by atoms with Crippen molar-refractivity contribution in [2.45, 2.75) is 44.1 Å². The van der Waals surface area contributed by atoms with E-state index in [4.69, 9.17) is 5.26 Å². The summed E-state index contributed by atoms with van der Waals surface area (Å²) in [4.78, 5) is 0. The van der Waals surface area contributed by atoms with E-state index in [0.717, 1.165) is 25.7 Å². The molecular weight excluding hydrogens is 150 g/mol. The highest BCUT2D eigenvalue weighted by atomic mass is 16.3. The fourth-order valence-electron chi connectivity index (χ4n) is 1.58. The van der Waals surface area contributed by atoms with Crippen molar-refractivity contribution in [2.75, 3.05) is 0 Å². The third-order valence-corrected chi connectivity index (χ3v) is 2.28. The van der Waals surface area contributed by atoms with Crippen molar-refractivity contribution >= 4 is 0 Å². The van der Waals surface area contributed by atoms with Crippen LogP contribution in [0.3, 0.4) is 0 Å². The van der Waals surface area contributed by atoms with Crippen LogP contribution < -0.4 is 0 Å². The second-order valence-corrected chi connectivity index (χ2v) is 3.31. The van der Waals surface area contributed by atoms with Crippen LogP contribution in [-0.4, -0.2) is 10.7 Å². The van der Waals surface area contributed by atoms with Gasteiger partial charge in [0, 0.05) is 5.92 Å². The van der Waals surface area contributed by atoms with E-state index in [2.05, 4.69) is 11.8 Å². The number of nitriles is 1. The number of aliphatic hydroxyl groups is 1. The average molecular weight is 163 g/mol. The van der Waals surface area contributed by atoms with E-state index in [0.29, 0.717) is 0 Å². The lowest BCUT2D eigenvalue weighted by Crippen LogP contribution is -2.25. The molecule has 2 nitrogen and oxygen atoms in total. The van der Waals surface area contributed by atoms with E-state index in [1.54, 1.807) is 6.07 Å². The highest BCUT2D eigenvalue weighted by molar-refractivity contribution is 5.23. The molecule has 64 valence electrons. The van der Waals surface area contributed by atoms with Crippen LogP contribution >= 0.6 is 0 Å². The molecule has 0 aromatic rings. The molecule has 1 saturated carbocycles. The van der Waals surface area contributed by atoms with Gasteiger partial charge in [0.05, 0.1) is 0 Å². The predicted molar refractivity (Wildman–Crippen MR) is 46.0 cm³/mol. The van der Waals surface area contributed by atoms with Gasteiger partial charge in [-0.2, -0.15) is 5.26 Å². The normalized spacial score (nSPS) is 21.3. The molecule has 1 fully saturated rings. The summed E-state index contributed by atoms with van der Waals surface area (Å²) in [5.74, 6) is 4.92. The van der Waals surface area contributed by atoms with Crippen LogP contribution in [0.15, 0.2) is 0 Å². The Kier molecular flexibility index (Phi) is 3.14. The highest BCUT2D eigenvalue weighted by Gasteiger charge is 2.25. The molecule has 0 atom stereocenters. The highest BCUT2D eigenvalue weighted by Crippen LogP contribution is 2.25. The zero-order chi connectivity index (χ0) is 8.86. The molecule has 0 radical (unpaired) electrons. The molecule has 1 N–H and O–H groups in total. The minimum absolute atomic E-state index is 0.724. The minimum atomic E-state index is -0.869. The molecule has 0 spiro atoms. The molecule has 0 heterocycles. The number of hydrogen-bond acceptors (Lipinski definition) is 2. The molecule has 1 aliphatic rings. The first-order chi connectivity index (χ1) is 5.77. The van der Waals surface area contributed by atoms with E-state index in [-0.39, 0.29) is 0 Å². The van der Waals surface area contributed by atoms with E-state index in [9.17, 15) is 5.11 Å². The zero-order valence-electron chi connectivity index (χ0n) is 7.14. The van der Waals surface area contributed by atoms with Gasteiger partial charge < -0.3 is 5.11 Å². The van der Waals surface area contributed by atoms with Gasteiger partial charge in [-0.15, -0.1) is 0 Å². The molecule has 0 aromatic carbocycles. The molecule has 12 heavy (non-hydrogen) atoms. The maximum atomic E-state index is 9.86. The Morgan fingerprint density at radius 1 is 1.08 bits per heavy atom. The van der Waals surface area contributed by atoms with Gasteiger partial charge in [-0.25, -0.2) is 0 Å². The summed E-state index contributed by atoms with van der Waals surface area (Å²) in [6.45, 7) is 0. The minimum Gasteiger partial charge on any atom is -0.378 e. The summed E-state index contributed by atoms with van der Waals surface area (Å²) in [5.41, 5.74) is -0.869. The number of hydrogen-bond donors (Lipinski definition) is 1. The third-order valence-electron chi connectivity index (χ3n) is 2.28. The lowest BCUT2D eigenvalue weighted by atomic mass is 9.95. The SMILES string of the molecule is N#CC#CC1(O)CCCCCC1. The lowest BCUT2D eigenvalue weighted by molar-refractivity contribution is 0.0849. The molecule has 1 rings (SSSR count). The Balaban J connectivity index is 2.61. The summed E-state index contributed by atoms with van der Waals surface area (Å²) in [6.07, 6.45) is 5.85. The van der Waals surface area contributed by atoms with Crippen molar-refractivity contribution in [1.82, 2.24) is 0 Å². The Bertz CT molecular complexity index is 233. The van der Waals surface area contributed by atoms with Crippen molar-refractivity contribution in [3.63, 3.8) is 0 Å². The van der Waals surface area contributed by atoms with Crippen LogP contribution in [0.5, 0.6) is 0 Å². The van der Waals surface area contributed by atoms with Crippen molar-refractivity contribution in [3.8, 4) is 17.9 Å². The second kappa shape index (κ2) is 4.14. The fourth-order valence-corrected chi connectivity index (χ4v) is 1.58. The van der Waals surface area contributed by atoms with E-state index in [1.807, 2.05) is 0 Å². The van der Waals surface area contributed by atoms with Gasteiger partial charge in [0.15, 0.2) is 6.07 Å². The summed E-state index contributed by atoms with van der Waals surface area (Å²) < 4.78 is 0. The van der Waals surface area contributed by atoms with Gasteiger partial charge >= 0.3 is 0 Å². The lowest BCUT2D eigenvalue weighted by Gasteiger charge is -2.18. The van der Waals surface area contributed by atoms with Crippen LogP contribution in [0.4, 0.5) is 0 Å². The summed E-state index contributed by atoms with van der Waals surface area (Å²) in [6, 6.07) is 1.74. The summed E-state index contributed by atoms with van der Waals surface area (Å²) in [5, 5.41) is 18.1. The van der Waals surface area contributed by atoms with Gasteiger partial charge in [-0.3, -0.25) is 0 Å². The molecular formula is C10H13NO. The molecule has 0 aromatic heterocycles. The van der Waals surface area contributed by atoms with Crippen molar-refractivity contribution in [3.05, 3.63) is 0 Å². The van der Waals surface area contributed by atoms with Crippen LogP contribution in [0.2, 0.25) is 0 Å². The second-order valence-electron chi connectivity index (χ2n) is 3.31. The first-order valence-electron chi connectivity index (χ1n) is 4.40. The first kappa shape index (κ1) is 9.10. The zero-order valence-corrected chi connectivity index (χ0v) is 7.14. The molecule has 2 heteroatoms. The molecule has 1 aliphatic carbocycles. The molecule has 0 unspecified atom stereocenters. The topological polar surface area (TPSA) is 44.0 Å². The predicted octanol–water partition coefficient (Wildman–Crippen LogP) is 1.60. The Morgan fingerprint density at radius 2 is 1.67 bits per heavy atom. The van der Waals surface area contributed by atoms with E-state index < -0.39 is 5.60 Å². The Labute approximate surface area is 73.2 Å². The van der Waals surface area contributed by atoms with Crippen LogP contribution in [-0.2, 0) is 0 Å². The Hall–Kier alpha value is -0.990. The number of nitrogens with zero attached hydrogens (tertiary/aromatic N) is 1. The average Bonchev–Trinajstić information content (AvgIpc) is 2.27. The monoisotopic (exact) mass is 163 g/mol. The van der Waals surface area contributed by atoms with Crippen LogP contribution in [0.25, 0.3) is 0 Å². The number of rotatable bonds is 0. The van der Waals surface area contributed by atoms with E-state index >= 15 is 0 Å². The summed E-state index contributed by atoms with van der Waals surface area (Å²) >= 11 is 0. The maximum Gasteiger partial charge on any atom is 0.152 e. The van der Waals surface area contributed by atoms with Crippen molar-refractivity contribution in [2.24, 2.45) is 0 Å². The van der Waals surface area contributed by atoms with Crippen molar-refractivity contribution < 1.29 is 5.11 Å². The van der Waals surface area contributed by atoms with Gasteiger partial charge in [0.25, 0.3) is 0 Å². The summed E-state index contributed by atoms with van der Waals surface area (Å²) in [7, 11) is 0. The van der Waals surface area contributed by atoms with Crippen LogP contribution in [0, 0.1) is 23.2 Å². The molecule has 0 aliphatic heterocycles. The van der Waals surface area contributed by atoms with Gasteiger partial charge in [-0.05, 0) is 25.7 Å². The van der Waals surface area contributed by atoms with Crippen molar-refractivity contribution in [1.29, 1.82) is 5.26 Å². The Morgan fingerprint density at radius 3 is 2.17 bits per heavy atom.